The van der Waals surface area contributed by atoms with Gasteiger partial charge in [0.15, 0.2) is 0 Å². The maximum absolute atomic E-state index is 12.5. The van der Waals surface area contributed by atoms with Gasteiger partial charge in [0.2, 0.25) is 0 Å². The number of H-pyrrole nitrogens is 1. The van der Waals surface area contributed by atoms with Crippen molar-refractivity contribution >= 4 is 17.2 Å². The van der Waals surface area contributed by atoms with Gasteiger partial charge in [-0.25, -0.2) is 0 Å². The molecule has 1 aliphatic heterocycles. The van der Waals surface area contributed by atoms with E-state index >= 15 is 0 Å². The third-order valence-corrected chi connectivity index (χ3v) is 4.81. The lowest BCUT2D eigenvalue weighted by Gasteiger charge is -2.32. The fourth-order valence-corrected chi connectivity index (χ4v) is 3.67. The SMILES string of the molecule is Cc1ccc(C(=O)N2CCC[C@@H](Cc3ccn[nH]3)C2)s1. The molecule has 0 spiro atoms. The number of likely N-dealkylation sites (tertiary alicyclic amines) is 1. The number of piperidine rings is 1. The van der Waals surface area contributed by atoms with E-state index in [0.29, 0.717) is 5.92 Å². The number of amides is 1. The van der Waals surface area contributed by atoms with E-state index in [1.54, 1.807) is 17.5 Å². The Morgan fingerprint density at radius 3 is 3.10 bits per heavy atom. The number of carbonyl (C=O) groups excluding carboxylic acids is 1. The highest BCUT2D eigenvalue weighted by atomic mass is 32.1. The minimum Gasteiger partial charge on any atom is -0.338 e. The summed E-state index contributed by atoms with van der Waals surface area (Å²) in [6, 6.07) is 5.98. The van der Waals surface area contributed by atoms with Crippen molar-refractivity contribution in [3.63, 3.8) is 0 Å². The zero-order valence-corrected chi connectivity index (χ0v) is 12.4. The molecule has 0 saturated carbocycles. The Balaban J connectivity index is 1.64. The Labute approximate surface area is 122 Å². The van der Waals surface area contributed by atoms with Gasteiger partial charge in [-0.1, -0.05) is 0 Å². The van der Waals surface area contributed by atoms with E-state index in [0.717, 1.165) is 36.5 Å². The number of thiophene rings is 1. The van der Waals surface area contributed by atoms with Crippen LogP contribution in [0.4, 0.5) is 0 Å². The topological polar surface area (TPSA) is 49.0 Å². The van der Waals surface area contributed by atoms with E-state index < -0.39 is 0 Å². The van der Waals surface area contributed by atoms with Crippen LogP contribution < -0.4 is 0 Å². The van der Waals surface area contributed by atoms with Crippen LogP contribution in [0, 0.1) is 12.8 Å². The summed E-state index contributed by atoms with van der Waals surface area (Å²) in [6.07, 6.45) is 5.05. The lowest BCUT2D eigenvalue weighted by atomic mass is 9.93. The quantitative estimate of drug-likeness (QED) is 0.944. The summed E-state index contributed by atoms with van der Waals surface area (Å²) >= 11 is 1.59. The lowest BCUT2D eigenvalue weighted by molar-refractivity contribution is 0.0677. The molecule has 3 heterocycles. The second-order valence-corrected chi connectivity index (χ2v) is 6.74. The molecule has 106 valence electrons. The molecule has 0 radical (unpaired) electrons. The fourth-order valence-electron chi connectivity index (χ4n) is 2.83. The molecule has 1 atom stereocenters. The van der Waals surface area contributed by atoms with Crippen molar-refractivity contribution in [3.05, 3.63) is 39.8 Å². The Bertz CT molecular complexity index is 576. The van der Waals surface area contributed by atoms with E-state index in [2.05, 4.69) is 10.2 Å². The molecule has 0 bridgehead atoms. The summed E-state index contributed by atoms with van der Waals surface area (Å²) in [6.45, 7) is 3.78. The van der Waals surface area contributed by atoms with Crippen LogP contribution in [0.15, 0.2) is 24.4 Å². The fraction of sp³-hybridized carbons (Fsp3) is 0.467. The van der Waals surface area contributed by atoms with Crippen molar-refractivity contribution in [2.45, 2.75) is 26.2 Å². The first-order valence-electron chi connectivity index (χ1n) is 7.06. The maximum Gasteiger partial charge on any atom is 0.263 e. The first-order valence-corrected chi connectivity index (χ1v) is 7.88. The highest BCUT2D eigenvalue weighted by Gasteiger charge is 2.25. The van der Waals surface area contributed by atoms with Gasteiger partial charge in [-0.05, 0) is 50.3 Å². The second kappa shape index (κ2) is 5.79. The molecule has 20 heavy (non-hydrogen) atoms. The molecule has 0 aromatic carbocycles. The zero-order chi connectivity index (χ0) is 13.9. The molecule has 0 aliphatic carbocycles. The number of aromatic nitrogens is 2. The first-order chi connectivity index (χ1) is 9.72. The highest BCUT2D eigenvalue weighted by Crippen LogP contribution is 2.24. The van der Waals surface area contributed by atoms with Crippen molar-refractivity contribution in [1.82, 2.24) is 15.1 Å². The average molecular weight is 289 g/mol. The molecule has 1 amide bonds. The second-order valence-electron chi connectivity index (χ2n) is 5.46. The lowest BCUT2D eigenvalue weighted by Crippen LogP contribution is -2.40. The van der Waals surface area contributed by atoms with Crippen LogP contribution in [0.2, 0.25) is 0 Å². The number of carbonyl (C=O) groups is 1. The van der Waals surface area contributed by atoms with Crippen LogP contribution in [0.25, 0.3) is 0 Å². The monoisotopic (exact) mass is 289 g/mol. The highest BCUT2D eigenvalue weighted by molar-refractivity contribution is 7.13. The van der Waals surface area contributed by atoms with Crippen molar-refractivity contribution in [3.8, 4) is 0 Å². The summed E-state index contributed by atoms with van der Waals surface area (Å²) in [4.78, 5) is 16.5. The van der Waals surface area contributed by atoms with Gasteiger partial charge in [-0.3, -0.25) is 9.89 Å². The number of aryl methyl sites for hydroxylation is 1. The number of hydrogen-bond donors (Lipinski definition) is 1. The third-order valence-electron chi connectivity index (χ3n) is 3.82. The first kappa shape index (κ1) is 13.4. The van der Waals surface area contributed by atoms with E-state index in [9.17, 15) is 4.79 Å². The van der Waals surface area contributed by atoms with E-state index in [1.807, 2.05) is 30.0 Å². The molecule has 1 fully saturated rings. The molecule has 1 saturated heterocycles. The van der Waals surface area contributed by atoms with Gasteiger partial charge in [-0.2, -0.15) is 5.10 Å². The maximum atomic E-state index is 12.5. The molecule has 3 rings (SSSR count). The summed E-state index contributed by atoms with van der Waals surface area (Å²) in [5.74, 6) is 0.728. The molecule has 5 heteroatoms. The normalized spacial score (nSPS) is 19.2. The minimum atomic E-state index is 0.192. The van der Waals surface area contributed by atoms with Gasteiger partial charge < -0.3 is 4.90 Å². The predicted octanol–water partition coefficient (Wildman–Crippen LogP) is 2.87. The molecular formula is C15H19N3OS. The number of nitrogens with one attached hydrogen (secondary N) is 1. The third kappa shape index (κ3) is 2.93. The molecule has 0 unspecified atom stereocenters. The van der Waals surface area contributed by atoms with Crippen LogP contribution in [-0.4, -0.2) is 34.1 Å². The molecule has 4 nitrogen and oxygen atoms in total. The summed E-state index contributed by atoms with van der Waals surface area (Å²) in [5.41, 5.74) is 1.16. The zero-order valence-electron chi connectivity index (χ0n) is 11.6. The molecular weight excluding hydrogens is 270 g/mol. The van der Waals surface area contributed by atoms with Gasteiger partial charge in [0.05, 0.1) is 4.88 Å². The van der Waals surface area contributed by atoms with E-state index in [1.165, 1.54) is 11.3 Å². The minimum absolute atomic E-state index is 0.192. The van der Waals surface area contributed by atoms with Gasteiger partial charge >= 0.3 is 0 Å². The number of rotatable bonds is 3. The number of hydrogen-bond acceptors (Lipinski definition) is 3. The Kier molecular flexibility index (Phi) is 3.87. The van der Waals surface area contributed by atoms with Crippen LogP contribution in [0.1, 0.15) is 33.1 Å². The van der Waals surface area contributed by atoms with Crippen LogP contribution >= 0.6 is 11.3 Å². The molecule has 2 aromatic heterocycles. The molecule has 2 aromatic rings. The smallest absolute Gasteiger partial charge is 0.263 e. The van der Waals surface area contributed by atoms with Crippen LogP contribution in [-0.2, 0) is 6.42 Å². The Morgan fingerprint density at radius 2 is 2.40 bits per heavy atom. The van der Waals surface area contributed by atoms with Crippen LogP contribution in [0.3, 0.4) is 0 Å². The van der Waals surface area contributed by atoms with Gasteiger partial charge in [0, 0.05) is 29.9 Å². The molecule has 1 aliphatic rings. The Morgan fingerprint density at radius 1 is 1.50 bits per heavy atom. The van der Waals surface area contributed by atoms with Gasteiger partial charge in [-0.15, -0.1) is 11.3 Å². The van der Waals surface area contributed by atoms with Crippen LogP contribution in [0.5, 0.6) is 0 Å². The van der Waals surface area contributed by atoms with Crippen molar-refractivity contribution in [2.24, 2.45) is 5.92 Å². The van der Waals surface area contributed by atoms with Crippen molar-refractivity contribution in [1.29, 1.82) is 0 Å². The average Bonchev–Trinajstić information content (AvgIpc) is 3.10. The summed E-state index contributed by atoms with van der Waals surface area (Å²) < 4.78 is 0. The van der Waals surface area contributed by atoms with E-state index in [-0.39, 0.29) is 5.91 Å². The standard InChI is InChI=1S/C15H19N3OS/c1-11-4-5-14(20-11)15(19)18-8-2-3-12(10-18)9-13-6-7-16-17-13/h4-7,12H,2-3,8-10H2,1H3,(H,16,17)/t12-/m0/s1. The number of nitrogens with zero attached hydrogens (tertiary/aromatic N) is 2. The largest absolute Gasteiger partial charge is 0.338 e. The summed E-state index contributed by atoms with van der Waals surface area (Å²) in [7, 11) is 0. The van der Waals surface area contributed by atoms with Crippen molar-refractivity contribution < 1.29 is 4.79 Å². The van der Waals surface area contributed by atoms with E-state index in [4.69, 9.17) is 0 Å². The molecule has 1 N–H and O–H groups in total. The Hall–Kier alpha value is -1.62. The summed E-state index contributed by atoms with van der Waals surface area (Å²) in [5, 5.41) is 7.00. The predicted molar refractivity (Wildman–Crippen MR) is 80.0 cm³/mol. The van der Waals surface area contributed by atoms with Gasteiger partial charge in [0.1, 0.15) is 0 Å². The van der Waals surface area contributed by atoms with Gasteiger partial charge in [0.25, 0.3) is 5.91 Å². The van der Waals surface area contributed by atoms with Crippen molar-refractivity contribution in [2.75, 3.05) is 13.1 Å². The number of aromatic amines is 1.